The molecule has 13 heteroatoms. The van der Waals surface area contributed by atoms with Crippen molar-refractivity contribution >= 4 is 30.2 Å². The van der Waals surface area contributed by atoms with Crippen molar-refractivity contribution in [2.45, 2.75) is 71.4 Å². The van der Waals surface area contributed by atoms with Crippen LogP contribution in [0.5, 0.6) is 0 Å². The van der Waals surface area contributed by atoms with E-state index in [9.17, 15) is 24.0 Å². The fraction of sp³-hybridized carbons (Fsp3) is 0.542. The van der Waals surface area contributed by atoms with Crippen molar-refractivity contribution in [3.63, 3.8) is 0 Å². The molecule has 0 unspecified atom stereocenters. The first-order chi connectivity index (χ1) is 17.1. The molecule has 0 fully saturated rings. The van der Waals surface area contributed by atoms with Gasteiger partial charge >= 0.3 is 30.2 Å². The standard InChI is InChI=1S/C24H35N3O10/c1-23(2,3)36-21(31)26-27(22(32)37-24(4,5)6)17(19(29)34-8)16(18(28)33-7)25-20(30)35-14-15-12-10-9-11-13-15/h9-13,16-17H,14H2,1-8H3,(H,25,30)(H,26,31)/t16-,17+/m0/s1. The lowest BCUT2D eigenvalue weighted by Gasteiger charge is -2.35. The molecule has 0 aromatic heterocycles. The van der Waals surface area contributed by atoms with E-state index in [1.807, 2.05) is 0 Å². The second kappa shape index (κ2) is 13.3. The van der Waals surface area contributed by atoms with E-state index in [0.29, 0.717) is 10.6 Å². The SMILES string of the molecule is COC(=O)[C@@H](NC(=O)OCc1ccccc1)[C@H](C(=O)OC)N(NC(=O)OC(C)(C)C)C(=O)OC(C)(C)C. The maximum atomic E-state index is 13.1. The third kappa shape index (κ3) is 11.1. The molecule has 0 saturated heterocycles. The van der Waals surface area contributed by atoms with Crippen molar-refractivity contribution in [1.29, 1.82) is 0 Å². The lowest BCUT2D eigenvalue weighted by Crippen LogP contribution is -2.66. The molecular weight excluding hydrogens is 490 g/mol. The number of nitrogens with one attached hydrogen (secondary N) is 2. The number of hydrogen-bond acceptors (Lipinski definition) is 10. The second-order valence-electron chi connectivity index (χ2n) is 9.64. The van der Waals surface area contributed by atoms with E-state index >= 15 is 0 Å². The highest BCUT2D eigenvalue weighted by molar-refractivity contribution is 5.92. The molecule has 0 aliphatic heterocycles. The molecule has 0 bridgehead atoms. The number of nitrogens with zero attached hydrogens (tertiary/aromatic N) is 1. The average molecular weight is 526 g/mol. The monoisotopic (exact) mass is 525 g/mol. The van der Waals surface area contributed by atoms with Crippen molar-refractivity contribution < 1.29 is 47.7 Å². The van der Waals surface area contributed by atoms with Crippen LogP contribution in [0.25, 0.3) is 0 Å². The van der Waals surface area contributed by atoms with Gasteiger partial charge in [-0.2, -0.15) is 5.01 Å². The summed E-state index contributed by atoms with van der Waals surface area (Å²) in [5.41, 5.74) is 0.695. The number of hydrogen-bond donors (Lipinski definition) is 2. The molecule has 2 N–H and O–H groups in total. The number of amides is 3. The van der Waals surface area contributed by atoms with Crippen molar-refractivity contribution in [3.05, 3.63) is 35.9 Å². The van der Waals surface area contributed by atoms with Gasteiger partial charge in [-0.05, 0) is 47.1 Å². The maximum Gasteiger partial charge on any atom is 0.430 e. The van der Waals surface area contributed by atoms with Gasteiger partial charge in [0.05, 0.1) is 14.2 Å². The summed E-state index contributed by atoms with van der Waals surface area (Å²) in [6.45, 7) is 9.19. The van der Waals surface area contributed by atoms with Crippen LogP contribution in [0.15, 0.2) is 30.3 Å². The minimum absolute atomic E-state index is 0.157. The van der Waals surface area contributed by atoms with E-state index in [-0.39, 0.29) is 6.61 Å². The summed E-state index contributed by atoms with van der Waals surface area (Å²) < 4.78 is 25.1. The molecule has 0 aliphatic carbocycles. The molecule has 2 atom stereocenters. The largest absolute Gasteiger partial charge is 0.467 e. The molecule has 0 saturated carbocycles. The van der Waals surface area contributed by atoms with E-state index < -0.39 is 53.5 Å². The highest BCUT2D eigenvalue weighted by atomic mass is 16.6. The number of esters is 2. The van der Waals surface area contributed by atoms with Gasteiger partial charge in [-0.1, -0.05) is 30.3 Å². The van der Waals surface area contributed by atoms with Crippen LogP contribution >= 0.6 is 0 Å². The molecule has 13 nitrogen and oxygen atoms in total. The smallest absolute Gasteiger partial charge is 0.430 e. The van der Waals surface area contributed by atoms with E-state index in [2.05, 4.69) is 10.7 Å². The highest BCUT2D eigenvalue weighted by Gasteiger charge is 2.46. The second-order valence-corrected chi connectivity index (χ2v) is 9.64. The molecule has 206 valence electrons. The average Bonchev–Trinajstić information content (AvgIpc) is 2.79. The summed E-state index contributed by atoms with van der Waals surface area (Å²) in [5, 5.41) is 2.59. The number of rotatable bonds is 7. The minimum Gasteiger partial charge on any atom is -0.467 e. The first-order valence-corrected chi connectivity index (χ1v) is 11.2. The van der Waals surface area contributed by atoms with Crippen LogP contribution in [0.2, 0.25) is 0 Å². The van der Waals surface area contributed by atoms with Gasteiger partial charge in [0, 0.05) is 0 Å². The quantitative estimate of drug-likeness (QED) is 0.308. The molecule has 1 rings (SSSR count). The Morgan fingerprint density at radius 3 is 1.84 bits per heavy atom. The summed E-state index contributed by atoms with van der Waals surface area (Å²) in [6.07, 6.45) is -3.51. The Labute approximate surface area is 215 Å². The first-order valence-electron chi connectivity index (χ1n) is 11.2. The Morgan fingerprint density at radius 1 is 0.811 bits per heavy atom. The number of ether oxygens (including phenoxy) is 5. The number of hydrazine groups is 1. The third-order valence-electron chi connectivity index (χ3n) is 4.18. The molecule has 0 radical (unpaired) electrons. The minimum atomic E-state index is -1.98. The molecule has 0 aliphatic rings. The van der Waals surface area contributed by atoms with Gasteiger partial charge in [0.1, 0.15) is 17.8 Å². The molecule has 0 heterocycles. The van der Waals surface area contributed by atoms with Crippen LogP contribution in [-0.4, -0.2) is 72.7 Å². The normalized spacial score (nSPS) is 12.8. The van der Waals surface area contributed by atoms with Crippen LogP contribution in [0.3, 0.4) is 0 Å². The van der Waals surface area contributed by atoms with Crippen LogP contribution < -0.4 is 10.7 Å². The topological polar surface area (TPSA) is 159 Å². The summed E-state index contributed by atoms with van der Waals surface area (Å²) in [6, 6.07) is 4.80. The highest BCUT2D eigenvalue weighted by Crippen LogP contribution is 2.16. The van der Waals surface area contributed by atoms with E-state index in [0.717, 1.165) is 14.2 Å². The van der Waals surface area contributed by atoms with Gasteiger partial charge in [0.2, 0.25) is 0 Å². The Balaban J connectivity index is 3.37. The Hall–Kier alpha value is -4.03. The van der Waals surface area contributed by atoms with Gasteiger partial charge in [-0.15, -0.1) is 0 Å². The van der Waals surface area contributed by atoms with Crippen LogP contribution in [0.4, 0.5) is 14.4 Å². The Bertz CT molecular complexity index is 954. The predicted molar refractivity (Wildman–Crippen MR) is 129 cm³/mol. The molecule has 1 aromatic rings. The number of methoxy groups -OCH3 is 2. The van der Waals surface area contributed by atoms with Crippen molar-refractivity contribution in [2.75, 3.05) is 14.2 Å². The van der Waals surface area contributed by atoms with Gasteiger partial charge in [-0.25, -0.2) is 29.4 Å². The van der Waals surface area contributed by atoms with Gasteiger partial charge < -0.3 is 29.0 Å². The molecule has 0 spiro atoms. The molecule has 1 aromatic carbocycles. The summed E-state index contributed by atoms with van der Waals surface area (Å²) in [4.78, 5) is 63.7. The third-order valence-corrected chi connectivity index (χ3v) is 4.18. The molecule has 37 heavy (non-hydrogen) atoms. The zero-order valence-corrected chi connectivity index (χ0v) is 22.3. The maximum absolute atomic E-state index is 13.1. The van der Waals surface area contributed by atoms with E-state index in [1.54, 1.807) is 71.9 Å². The van der Waals surface area contributed by atoms with Crippen molar-refractivity contribution in [2.24, 2.45) is 0 Å². The molecule has 3 amide bonds. The number of benzene rings is 1. The van der Waals surface area contributed by atoms with Crippen LogP contribution in [0.1, 0.15) is 47.1 Å². The summed E-state index contributed by atoms with van der Waals surface area (Å²) in [7, 11) is 1.98. The van der Waals surface area contributed by atoms with Crippen LogP contribution in [0, 0.1) is 0 Å². The lowest BCUT2D eigenvalue weighted by molar-refractivity contribution is -0.157. The zero-order chi connectivity index (χ0) is 28.4. The zero-order valence-electron chi connectivity index (χ0n) is 22.3. The van der Waals surface area contributed by atoms with Gasteiger partial charge in [0.15, 0.2) is 12.1 Å². The van der Waals surface area contributed by atoms with E-state index in [1.165, 1.54) is 0 Å². The van der Waals surface area contributed by atoms with Gasteiger partial charge in [-0.3, -0.25) is 0 Å². The van der Waals surface area contributed by atoms with Gasteiger partial charge in [0.25, 0.3) is 0 Å². The number of carbonyl (C=O) groups excluding carboxylic acids is 5. The van der Waals surface area contributed by atoms with E-state index in [4.69, 9.17) is 23.7 Å². The lowest BCUT2D eigenvalue weighted by atomic mass is 10.1. The molecular formula is C24H35N3O10. The Kier molecular flexibility index (Phi) is 11.2. The fourth-order valence-electron chi connectivity index (χ4n) is 2.74. The first kappa shape index (κ1) is 31.0. The van der Waals surface area contributed by atoms with Crippen molar-refractivity contribution in [1.82, 2.24) is 15.8 Å². The predicted octanol–water partition coefficient (Wildman–Crippen LogP) is 2.67. The number of alkyl carbamates (subject to hydrolysis) is 1. The summed E-state index contributed by atoms with van der Waals surface area (Å²) >= 11 is 0. The Morgan fingerprint density at radius 2 is 1.35 bits per heavy atom. The van der Waals surface area contributed by atoms with Crippen LogP contribution in [-0.2, 0) is 39.9 Å². The number of carbonyl (C=O) groups is 5. The fourth-order valence-corrected chi connectivity index (χ4v) is 2.74. The summed E-state index contributed by atoms with van der Waals surface area (Å²) in [5.74, 6) is -2.34. The van der Waals surface area contributed by atoms with Crippen molar-refractivity contribution in [3.8, 4) is 0 Å².